The molecule has 0 bridgehead atoms. The summed E-state index contributed by atoms with van der Waals surface area (Å²) in [5, 5.41) is 52.9. The van der Waals surface area contributed by atoms with E-state index < -0.39 is 48.0 Å². The van der Waals surface area contributed by atoms with Crippen LogP contribution in [0.3, 0.4) is 0 Å². The van der Waals surface area contributed by atoms with Crippen LogP contribution in [0.1, 0.15) is 21.8 Å². The molecule has 1 aliphatic carbocycles. The first kappa shape index (κ1) is 14.5. The summed E-state index contributed by atoms with van der Waals surface area (Å²) in [6, 6.07) is 0.428. The lowest BCUT2D eigenvalue weighted by atomic mass is 9.70. The Morgan fingerprint density at radius 2 is 1.74 bits per heavy atom. The van der Waals surface area contributed by atoms with Gasteiger partial charge in [0.2, 0.25) is 12.5 Å². The highest BCUT2D eigenvalue weighted by Gasteiger charge is 2.53. The zero-order valence-electron chi connectivity index (χ0n) is 11.7. The molecule has 6 atom stereocenters. The minimum atomic E-state index is -1.60. The number of hydrogen-bond donors (Lipinski definition) is 6. The van der Waals surface area contributed by atoms with Gasteiger partial charge in [-0.3, -0.25) is 4.79 Å². The number of aliphatic hydroxyl groups is 4. The molecule has 0 spiro atoms. The van der Waals surface area contributed by atoms with Crippen molar-refractivity contribution < 1.29 is 39.8 Å². The number of fused-ring (bicyclic) bond motifs is 4. The number of aliphatic hydroxyl groups excluding tert-OH is 4. The molecule has 1 aromatic rings. The van der Waals surface area contributed by atoms with Gasteiger partial charge in [0.05, 0.1) is 17.7 Å². The third-order valence-corrected chi connectivity index (χ3v) is 4.73. The van der Waals surface area contributed by atoms with Gasteiger partial charge in [0.25, 0.3) is 5.91 Å². The predicted octanol–water partition coefficient (Wildman–Crippen LogP) is -2.23. The second kappa shape index (κ2) is 4.71. The smallest absolute Gasteiger partial charge is 0.255 e. The third-order valence-electron chi connectivity index (χ3n) is 4.73. The van der Waals surface area contributed by atoms with Gasteiger partial charge < -0.3 is 40.3 Å². The molecule has 1 unspecified atom stereocenters. The molecule has 6 N–H and O–H groups in total. The summed E-state index contributed by atoms with van der Waals surface area (Å²) in [6.45, 7) is -0.117. The Bertz CT molecular complexity index is 692. The van der Waals surface area contributed by atoms with Crippen molar-refractivity contribution in [1.82, 2.24) is 5.32 Å². The van der Waals surface area contributed by atoms with Crippen LogP contribution in [0.15, 0.2) is 6.07 Å². The Kier molecular flexibility index (Phi) is 2.97. The first-order valence-electron chi connectivity index (χ1n) is 7.10. The highest BCUT2D eigenvalue weighted by Crippen LogP contribution is 2.49. The normalized spacial score (nSPS) is 37.8. The molecule has 3 aliphatic rings. The van der Waals surface area contributed by atoms with Crippen molar-refractivity contribution in [3.63, 3.8) is 0 Å². The number of amides is 1. The van der Waals surface area contributed by atoms with E-state index in [1.807, 2.05) is 0 Å². The van der Waals surface area contributed by atoms with Crippen molar-refractivity contribution in [1.29, 1.82) is 0 Å². The van der Waals surface area contributed by atoms with E-state index in [2.05, 4.69) is 5.32 Å². The first-order valence-corrected chi connectivity index (χ1v) is 7.10. The van der Waals surface area contributed by atoms with Crippen molar-refractivity contribution in [3.05, 3.63) is 17.2 Å². The highest BCUT2D eigenvalue weighted by molar-refractivity contribution is 6.01. The molecule has 1 fully saturated rings. The Balaban J connectivity index is 1.91. The summed E-state index contributed by atoms with van der Waals surface area (Å²) in [5.74, 6) is -1.78. The van der Waals surface area contributed by atoms with Gasteiger partial charge in [-0.2, -0.15) is 0 Å². The van der Waals surface area contributed by atoms with Crippen LogP contribution in [-0.4, -0.2) is 68.7 Å². The number of rotatable bonds is 0. The lowest BCUT2D eigenvalue weighted by Gasteiger charge is -2.47. The number of aromatic hydroxyl groups is 1. The van der Waals surface area contributed by atoms with Gasteiger partial charge >= 0.3 is 0 Å². The fourth-order valence-electron chi connectivity index (χ4n) is 3.58. The van der Waals surface area contributed by atoms with Gasteiger partial charge in [-0.25, -0.2) is 0 Å². The number of nitrogens with one attached hydrogen (secondary N) is 1. The molecule has 0 saturated heterocycles. The second-order valence-electron chi connectivity index (χ2n) is 5.91. The van der Waals surface area contributed by atoms with E-state index in [-0.39, 0.29) is 29.4 Å². The van der Waals surface area contributed by atoms with Crippen LogP contribution in [0, 0.1) is 0 Å². The van der Waals surface area contributed by atoms with Gasteiger partial charge in [0.1, 0.15) is 18.3 Å². The van der Waals surface area contributed by atoms with E-state index in [1.165, 1.54) is 6.07 Å². The van der Waals surface area contributed by atoms with Crippen molar-refractivity contribution >= 4 is 5.91 Å². The topological polar surface area (TPSA) is 149 Å². The van der Waals surface area contributed by atoms with Crippen LogP contribution in [0.5, 0.6) is 17.2 Å². The minimum absolute atomic E-state index is 0.0313. The number of carbonyl (C=O) groups is 1. The second-order valence-corrected chi connectivity index (χ2v) is 5.91. The van der Waals surface area contributed by atoms with E-state index >= 15 is 0 Å². The molecule has 1 aromatic carbocycles. The fraction of sp³-hybridized carbons (Fsp3) is 0.500. The summed E-state index contributed by atoms with van der Waals surface area (Å²) in [5.41, 5.74) is 0.114. The molecule has 124 valence electrons. The van der Waals surface area contributed by atoms with E-state index in [1.54, 1.807) is 0 Å². The molecule has 23 heavy (non-hydrogen) atoms. The molecular weight excluding hydrogens is 310 g/mol. The quantitative estimate of drug-likeness (QED) is 0.314. The Hall–Kier alpha value is -2.07. The molecule has 0 radical (unpaired) electrons. The maximum atomic E-state index is 12.3. The van der Waals surface area contributed by atoms with Crippen molar-refractivity contribution in [3.8, 4) is 17.2 Å². The van der Waals surface area contributed by atoms with Crippen LogP contribution in [-0.2, 0) is 0 Å². The van der Waals surface area contributed by atoms with E-state index in [9.17, 15) is 30.3 Å². The molecule has 0 aromatic heterocycles. The molecule has 2 aliphatic heterocycles. The summed E-state index contributed by atoms with van der Waals surface area (Å²) < 4.78 is 10.3. The molecule has 4 rings (SSSR count). The molecular formula is C14H15NO8. The maximum Gasteiger partial charge on any atom is 0.255 e. The average molecular weight is 325 g/mol. The van der Waals surface area contributed by atoms with Gasteiger partial charge in [-0.1, -0.05) is 0 Å². The molecule has 9 nitrogen and oxygen atoms in total. The van der Waals surface area contributed by atoms with E-state index in [0.29, 0.717) is 0 Å². The summed E-state index contributed by atoms with van der Waals surface area (Å²) >= 11 is 0. The molecule has 9 heteroatoms. The monoisotopic (exact) mass is 325 g/mol. The van der Waals surface area contributed by atoms with Crippen molar-refractivity contribution in [2.45, 2.75) is 36.4 Å². The largest absolute Gasteiger partial charge is 0.504 e. The molecule has 1 saturated carbocycles. The lowest BCUT2D eigenvalue weighted by molar-refractivity contribution is -0.155. The standard InChI is InChI=1S/C14H15NO8/c16-8-5-3-1-4-13(23-2-22-4)9(17)6(3)14(21)15-7(5)10(18)12(20)11(8)19/h1,5,7-8,10-12,16-20H,2H2,(H,15,21)/t5?,7-,8-,10+,11+,12+/m1/s1. The van der Waals surface area contributed by atoms with E-state index in [0.717, 1.165) is 0 Å². The van der Waals surface area contributed by atoms with Crippen LogP contribution in [0.2, 0.25) is 0 Å². The fourth-order valence-corrected chi connectivity index (χ4v) is 3.58. The zero-order valence-corrected chi connectivity index (χ0v) is 11.7. The van der Waals surface area contributed by atoms with Gasteiger partial charge in [-0.15, -0.1) is 0 Å². The predicted molar refractivity (Wildman–Crippen MR) is 72.3 cm³/mol. The maximum absolute atomic E-state index is 12.3. The number of phenols is 1. The summed E-state index contributed by atoms with van der Waals surface area (Å²) in [6.07, 6.45) is -6.11. The minimum Gasteiger partial charge on any atom is -0.504 e. The van der Waals surface area contributed by atoms with Gasteiger partial charge in [-0.05, 0) is 11.6 Å². The van der Waals surface area contributed by atoms with Crippen molar-refractivity contribution in [2.24, 2.45) is 0 Å². The average Bonchev–Trinajstić information content (AvgIpc) is 2.99. The number of benzene rings is 1. The first-order chi connectivity index (χ1) is 10.9. The SMILES string of the molecule is O=C1N[C@@H]2C(c3cc4c(c(O)c31)OCO4)[C@@H](O)[C@H](O)[C@@H](O)[C@H]2O. The highest BCUT2D eigenvalue weighted by atomic mass is 16.7. The van der Waals surface area contributed by atoms with Crippen LogP contribution < -0.4 is 14.8 Å². The molecule has 2 heterocycles. The third kappa shape index (κ3) is 1.78. The summed E-state index contributed by atoms with van der Waals surface area (Å²) in [7, 11) is 0. The van der Waals surface area contributed by atoms with Crippen LogP contribution in [0.25, 0.3) is 0 Å². The van der Waals surface area contributed by atoms with Crippen LogP contribution >= 0.6 is 0 Å². The number of phenolic OH excluding ortho intramolecular Hbond substituents is 1. The lowest BCUT2D eigenvalue weighted by Crippen LogP contribution is -2.66. The summed E-state index contributed by atoms with van der Waals surface area (Å²) in [4.78, 5) is 12.3. The number of ether oxygens (including phenoxy) is 2. The Morgan fingerprint density at radius 3 is 2.48 bits per heavy atom. The van der Waals surface area contributed by atoms with Crippen molar-refractivity contribution in [2.75, 3.05) is 6.79 Å². The molecule has 1 amide bonds. The Morgan fingerprint density at radius 1 is 1.04 bits per heavy atom. The van der Waals surface area contributed by atoms with Gasteiger partial charge in [0, 0.05) is 5.92 Å². The number of carbonyl (C=O) groups excluding carboxylic acids is 1. The van der Waals surface area contributed by atoms with Crippen LogP contribution in [0.4, 0.5) is 0 Å². The Labute approximate surface area is 129 Å². The zero-order chi connectivity index (χ0) is 16.5. The number of hydrogen-bond acceptors (Lipinski definition) is 8. The van der Waals surface area contributed by atoms with E-state index in [4.69, 9.17) is 9.47 Å². The van der Waals surface area contributed by atoms with Gasteiger partial charge in [0.15, 0.2) is 11.5 Å².